The highest BCUT2D eigenvalue weighted by Crippen LogP contribution is 2.15. The zero-order chi connectivity index (χ0) is 13.8. The normalized spacial score (nSPS) is 11.4. The molecule has 0 fully saturated rings. The number of rotatable bonds is 3. The number of halogens is 2. The van der Waals surface area contributed by atoms with Crippen molar-refractivity contribution < 1.29 is 4.79 Å². The summed E-state index contributed by atoms with van der Waals surface area (Å²) in [5, 5.41) is 4.72. The van der Waals surface area contributed by atoms with Gasteiger partial charge in [0.1, 0.15) is 5.71 Å². The van der Waals surface area contributed by atoms with Gasteiger partial charge in [0.15, 0.2) is 0 Å². The fourth-order valence-corrected chi connectivity index (χ4v) is 1.86. The van der Waals surface area contributed by atoms with Crippen molar-refractivity contribution in [3.05, 3.63) is 69.7 Å². The van der Waals surface area contributed by atoms with Gasteiger partial charge in [0.2, 0.25) is 5.78 Å². The van der Waals surface area contributed by atoms with E-state index in [-0.39, 0.29) is 11.5 Å². The quantitative estimate of drug-likeness (QED) is 0.407. The average molecular weight is 293 g/mol. The van der Waals surface area contributed by atoms with Crippen LogP contribution in [0.15, 0.2) is 53.6 Å². The number of hydrogen-bond acceptors (Lipinski definition) is 3. The lowest BCUT2D eigenvalue weighted by Gasteiger charge is -2.05. The molecule has 2 rings (SSSR count). The van der Waals surface area contributed by atoms with Crippen LogP contribution in [0.1, 0.15) is 15.9 Å². The molecule has 2 aromatic carbocycles. The van der Waals surface area contributed by atoms with Gasteiger partial charge in [-0.15, -0.1) is 0 Å². The third-order valence-corrected chi connectivity index (χ3v) is 3.07. The van der Waals surface area contributed by atoms with Crippen LogP contribution in [0, 0.1) is 0 Å². The molecule has 2 N–H and O–H groups in total. The SMILES string of the molecule is N/N=C(/C(=O)c1ccc(Cl)cc1)c1ccc(Cl)cc1. The summed E-state index contributed by atoms with van der Waals surface area (Å²) in [5.41, 5.74) is 1.27. The van der Waals surface area contributed by atoms with Crippen LogP contribution in [0.5, 0.6) is 0 Å². The molecule has 0 aliphatic rings. The minimum absolute atomic E-state index is 0.180. The van der Waals surface area contributed by atoms with Crippen LogP contribution in [0.3, 0.4) is 0 Å². The van der Waals surface area contributed by atoms with E-state index in [0.29, 0.717) is 21.2 Å². The van der Waals surface area contributed by atoms with Crippen molar-refractivity contribution in [2.45, 2.75) is 0 Å². The highest BCUT2D eigenvalue weighted by molar-refractivity contribution is 6.51. The molecule has 0 aromatic heterocycles. The topological polar surface area (TPSA) is 55.4 Å². The van der Waals surface area contributed by atoms with E-state index in [9.17, 15) is 4.79 Å². The number of Topliss-reactive ketones (excluding diaryl/α,β-unsaturated/α-hetero) is 1. The molecule has 3 nitrogen and oxygen atoms in total. The van der Waals surface area contributed by atoms with Crippen LogP contribution in [0.4, 0.5) is 0 Å². The third-order valence-electron chi connectivity index (χ3n) is 2.57. The Kier molecular flexibility index (Phi) is 4.20. The molecule has 0 aliphatic heterocycles. The van der Waals surface area contributed by atoms with Crippen molar-refractivity contribution >= 4 is 34.7 Å². The first-order valence-electron chi connectivity index (χ1n) is 5.46. The van der Waals surface area contributed by atoms with Crippen LogP contribution in [-0.4, -0.2) is 11.5 Å². The summed E-state index contributed by atoms with van der Waals surface area (Å²) < 4.78 is 0. The van der Waals surface area contributed by atoms with Crippen LogP contribution in [0.2, 0.25) is 10.0 Å². The Morgan fingerprint density at radius 1 is 0.842 bits per heavy atom. The Morgan fingerprint density at radius 3 is 1.68 bits per heavy atom. The Hall–Kier alpha value is -1.84. The van der Waals surface area contributed by atoms with Gasteiger partial charge in [-0.1, -0.05) is 35.3 Å². The summed E-state index contributed by atoms with van der Waals surface area (Å²) in [6.45, 7) is 0. The predicted octanol–water partition coefficient (Wildman–Crippen LogP) is 3.54. The zero-order valence-electron chi connectivity index (χ0n) is 9.81. The Balaban J connectivity index is 2.35. The first-order valence-corrected chi connectivity index (χ1v) is 6.21. The van der Waals surface area contributed by atoms with E-state index >= 15 is 0 Å². The van der Waals surface area contributed by atoms with E-state index in [1.807, 2.05) is 0 Å². The molecular formula is C14H10Cl2N2O. The molecular weight excluding hydrogens is 283 g/mol. The molecule has 0 aliphatic carbocycles. The van der Waals surface area contributed by atoms with Gasteiger partial charge in [0.05, 0.1) is 0 Å². The molecule has 19 heavy (non-hydrogen) atoms. The van der Waals surface area contributed by atoms with Gasteiger partial charge >= 0.3 is 0 Å². The van der Waals surface area contributed by atoms with Crippen molar-refractivity contribution in [3.8, 4) is 0 Å². The highest BCUT2D eigenvalue weighted by atomic mass is 35.5. The molecule has 0 spiro atoms. The van der Waals surface area contributed by atoms with Crippen molar-refractivity contribution in [3.63, 3.8) is 0 Å². The molecule has 0 unspecified atom stereocenters. The zero-order valence-corrected chi connectivity index (χ0v) is 11.3. The molecule has 0 bridgehead atoms. The molecule has 0 amide bonds. The Bertz CT molecular complexity index is 619. The van der Waals surface area contributed by atoms with Gasteiger partial charge < -0.3 is 5.84 Å². The van der Waals surface area contributed by atoms with E-state index < -0.39 is 0 Å². The number of hydrazone groups is 1. The molecule has 0 saturated carbocycles. The molecule has 0 heterocycles. The maximum atomic E-state index is 12.3. The van der Waals surface area contributed by atoms with E-state index in [4.69, 9.17) is 29.0 Å². The summed E-state index contributed by atoms with van der Waals surface area (Å²) in [4.78, 5) is 12.3. The van der Waals surface area contributed by atoms with Crippen molar-refractivity contribution in [2.24, 2.45) is 10.9 Å². The van der Waals surface area contributed by atoms with Crippen LogP contribution < -0.4 is 5.84 Å². The predicted molar refractivity (Wildman–Crippen MR) is 78.0 cm³/mol. The van der Waals surface area contributed by atoms with Gasteiger partial charge in [-0.3, -0.25) is 4.79 Å². The smallest absolute Gasteiger partial charge is 0.213 e. The molecule has 5 heteroatoms. The number of hydrogen-bond donors (Lipinski definition) is 1. The standard InChI is InChI=1S/C14H10Cl2N2O/c15-11-5-1-9(2-6-11)13(18-17)14(19)10-3-7-12(16)8-4-10/h1-8H,17H2/b18-13+. The van der Waals surface area contributed by atoms with E-state index in [1.165, 1.54) is 0 Å². The van der Waals surface area contributed by atoms with Crippen LogP contribution >= 0.6 is 23.2 Å². The number of ketones is 1. The molecule has 0 saturated heterocycles. The summed E-state index contributed by atoms with van der Waals surface area (Å²) in [6.07, 6.45) is 0. The number of carbonyl (C=O) groups is 1. The van der Waals surface area contributed by atoms with Crippen molar-refractivity contribution in [2.75, 3.05) is 0 Å². The summed E-state index contributed by atoms with van der Waals surface area (Å²) >= 11 is 11.6. The van der Waals surface area contributed by atoms with Crippen LogP contribution in [0.25, 0.3) is 0 Å². The maximum Gasteiger partial charge on any atom is 0.213 e. The van der Waals surface area contributed by atoms with E-state index in [2.05, 4.69) is 5.10 Å². The lowest BCUT2D eigenvalue weighted by Crippen LogP contribution is -2.17. The first kappa shape index (κ1) is 13.6. The summed E-state index contributed by atoms with van der Waals surface area (Å²) in [6, 6.07) is 13.3. The minimum Gasteiger partial charge on any atom is -0.323 e. The average Bonchev–Trinajstić information content (AvgIpc) is 2.42. The van der Waals surface area contributed by atoms with Crippen molar-refractivity contribution in [1.29, 1.82) is 0 Å². The molecule has 0 radical (unpaired) electrons. The lowest BCUT2D eigenvalue weighted by atomic mass is 10.0. The maximum absolute atomic E-state index is 12.3. The monoisotopic (exact) mass is 292 g/mol. The fraction of sp³-hybridized carbons (Fsp3) is 0. The second-order valence-corrected chi connectivity index (χ2v) is 4.69. The summed E-state index contributed by atoms with van der Waals surface area (Å²) in [7, 11) is 0. The fourth-order valence-electron chi connectivity index (χ4n) is 1.61. The Morgan fingerprint density at radius 2 is 1.26 bits per heavy atom. The first-order chi connectivity index (χ1) is 9.11. The minimum atomic E-state index is -0.263. The van der Waals surface area contributed by atoms with Gasteiger partial charge in [-0.05, 0) is 36.4 Å². The highest BCUT2D eigenvalue weighted by Gasteiger charge is 2.16. The summed E-state index contributed by atoms with van der Waals surface area (Å²) in [5.74, 6) is 5.06. The number of nitrogens with two attached hydrogens (primary N) is 1. The van der Waals surface area contributed by atoms with E-state index in [1.54, 1.807) is 48.5 Å². The number of benzene rings is 2. The lowest BCUT2D eigenvalue weighted by molar-refractivity contribution is 0.106. The van der Waals surface area contributed by atoms with Gasteiger partial charge in [-0.25, -0.2) is 0 Å². The Labute approximate surface area is 120 Å². The third kappa shape index (κ3) is 3.13. The second-order valence-electron chi connectivity index (χ2n) is 3.82. The molecule has 96 valence electrons. The van der Waals surface area contributed by atoms with Crippen LogP contribution in [-0.2, 0) is 0 Å². The largest absolute Gasteiger partial charge is 0.323 e. The number of carbonyl (C=O) groups excluding carboxylic acids is 1. The number of nitrogens with zero attached hydrogens (tertiary/aromatic N) is 1. The molecule has 0 atom stereocenters. The van der Waals surface area contributed by atoms with Crippen molar-refractivity contribution in [1.82, 2.24) is 0 Å². The van der Waals surface area contributed by atoms with Gasteiger partial charge in [0, 0.05) is 21.2 Å². The molecule has 2 aromatic rings. The van der Waals surface area contributed by atoms with E-state index in [0.717, 1.165) is 0 Å². The van der Waals surface area contributed by atoms with Gasteiger partial charge in [-0.2, -0.15) is 5.10 Å². The second kappa shape index (κ2) is 5.87. The van der Waals surface area contributed by atoms with Gasteiger partial charge in [0.25, 0.3) is 0 Å².